The number of hydrogen-bond acceptors (Lipinski definition) is 5. The van der Waals surface area contributed by atoms with Crippen LogP contribution < -0.4 is 10.6 Å². The van der Waals surface area contributed by atoms with Crippen molar-refractivity contribution in [2.75, 3.05) is 0 Å². The summed E-state index contributed by atoms with van der Waals surface area (Å²) in [7, 11) is 0. The molecule has 6 heteroatoms. The smallest absolute Gasteiger partial charge is 0.276 e. The Kier molecular flexibility index (Phi) is 13.1. The molecule has 1 fully saturated rings. The zero-order valence-electron chi connectivity index (χ0n) is 25.2. The fraction of sp³-hybridized carbons (Fsp3) is 0.485. The number of phenolic OH excluding ortho intramolecular Hbond substituents is 1. The molecule has 1 aliphatic carbocycles. The van der Waals surface area contributed by atoms with Crippen LogP contribution in [-0.4, -0.2) is 33.1 Å². The summed E-state index contributed by atoms with van der Waals surface area (Å²) in [4.78, 5) is 17.7. The van der Waals surface area contributed by atoms with E-state index >= 15 is 0 Å². The van der Waals surface area contributed by atoms with Gasteiger partial charge in [0.15, 0.2) is 6.29 Å². The van der Waals surface area contributed by atoms with Gasteiger partial charge in [0.1, 0.15) is 11.4 Å². The number of phenols is 1. The van der Waals surface area contributed by atoms with E-state index < -0.39 is 0 Å². The summed E-state index contributed by atoms with van der Waals surface area (Å²) in [6, 6.07) is 16.0. The predicted octanol–water partition coefficient (Wildman–Crippen LogP) is 7.16. The van der Waals surface area contributed by atoms with Gasteiger partial charge in [-0.1, -0.05) is 103 Å². The summed E-state index contributed by atoms with van der Waals surface area (Å²) in [5.41, 5.74) is 5.82. The van der Waals surface area contributed by atoms with Crippen LogP contribution in [0.1, 0.15) is 90.3 Å². The quantitative estimate of drug-likeness (QED) is 0.367. The Hall–Kier alpha value is -3.25. The van der Waals surface area contributed by atoms with Crippen molar-refractivity contribution in [2.45, 2.75) is 106 Å². The summed E-state index contributed by atoms with van der Waals surface area (Å²) in [5, 5.41) is 17.0. The molecule has 0 spiro atoms. The molecule has 0 saturated heterocycles. The van der Waals surface area contributed by atoms with Gasteiger partial charge < -0.3 is 20.2 Å². The molecule has 3 N–H and O–H groups in total. The lowest BCUT2D eigenvalue weighted by Gasteiger charge is -2.34. The first kappa shape index (κ1) is 32.0. The third-order valence-electron chi connectivity index (χ3n) is 6.91. The van der Waals surface area contributed by atoms with Gasteiger partial charge in [-0.15, -0.1) is 0 Å². The number of aromatic hydroxyl groups is 1. The van der Waals surface area contributed by atoms with Crippen molar-refractivity contribution in [3.8, 4) is 5.75 Å². The maximum absolute atomic E-state index is 13.8. The Bertz CT molecular complexity index is 1070. The van der Waals surface area contributed by atoms with Crippen LogP contribution in [0.4, 0.5) is 0 Å². The number of benzene rings is 2. The minimum absolute atomic E-state index is 0.0103. The summed E-state index contributed by atoms with van der Waals surface area (Å²) in [5.74, 6) is 0.233. The molecule has 2 aliphatic heterocycles. The highest BCUT2D eigenvalue weighted by molar-refractivity contribution is 5.96. The molecule has 39 heavy (non-hydrogen) atoms. The Morgan fingerprint density at radius 3 is 2.03 bits per heavy atom. The van der Waals surface area contributed by atoms with Gasteiger partial charge in [0.25, 0.3) is 5.91 Å². The van der Waals surface area contributed by atoms with E-state index in [9.17, 15) is 9.90 Å². The van der Waals surface area contributed by atoms with Crippen molar-refractivity contribution in [1.82, 2.24) is 20.4 Å². The Morgan fingerprint density at radius 2 is 1.44 bits per heavy atom. The summed E-state index contributed by atoms with van der Waals surface area (Å²) in [6.07, 6.45) is 5.31. The van der Waals surface area contributed by atoms with E-state index in [4.69, 9.17) is 0 Å². The minimum Gasteiger partial charge on any atom is -0.508 e. The molecule has 1 unspecified atom stereocenters. The molecule has 0 bridgehead atoms. The molecule has 0 radical (unpaired) electrons. The Labute approximate surface area is 236 Å². The molecular formula is C33H50N4O2. The molecule has 0 aromatic heterocycles. The van der Waals surface area contributed by atoms with Crippen LogP contribution in [0.5, 0.6) is 5.75 Å². The lowest BCUT2D eigenvalue weighted by molar-refractivity contribution is -0.128. The number of aryl methyl sites for hydroxylation is 1. The van der Waals surface area contributed by atoms with Crippen LogP contribution in [0.15, 0.2) is 72.2 Å². The highest BCUT2D eigenvalue weighted by atomic mass is 16.3. The van der Waals surface area contributed by atoms with E-state index in [1.54, 1.807) is 12.1 Å². The van der Waals surface area contributed by atoms with Crippen LogP contribution in [0.2, 0.25) is 0 Å². The fourth-order valence-electron chi connectivity index (χ4n) is 5.05. The standard InChI is InChI=1S/C27H32N4O2.3C2H6/c1-18-7-9-20(10-8-18)16-30-19(2)15-24-25(26(30)33)31(17-21-11-13-23(32)14-12-21)27(29-24)28-22-5-3-4-6-22;3*1-2/h7-14,22,27-29,32H,2-6,15-17H2,1H3;3*1-2H3. The van der Waals surface area contributed by atoms with Gasteiger partial charge in [-0.25, -0.2) is 0 Å². The van der Waals surface area contributed by atoms with Crippen molar-refractivity contribution in [1.29, 1.82) is 0 Å². The SMILES string of the molecule is C=C1CC2=C(C(=O)N1Cc1ccc(C)cc1)N(Cc1ccc(O)cc1)C(NC1CCCC1)N2.CC.CC.CC. The number of carbonyl (C=O) groups excluding carboxylic acids is 1. The van der Waals surface area contributed by atoms with Crippen molar-refractivity contribution in [2.24, 2.45) is 0 Å². The second-order valence-corrected chi connectivity index (χ2v) is 9.44. The number of nitrogens with one attached hydrogen (secondary N) is 2. The molecule has 6 nitrogen and oxygen atoms in total. The van der Waals surface area contributed by atoms with E-state index in [-0.39, 0.29) is 17.9 Å². The maximum atomic E-state index is 13.8. The van der Waals surface area contributed by atoms with Crippen molar-refractivity contribution in [3.63, 3.8) is 0 Å². The molecule has 2 aromatic rings. The van der Waals surface area contributed by atoms with E-state index in [0.29, 0.717) is 25.6 Å². The monoisotopic (exact) mass is 534 g/mol. The van der Waals surface area contributed by atoms with Gasteiger partial charge in [0.2, 0.25) is 0 Å². The van der Waals surface area contributed by atoms with E-state index in [2.05, 4.69) is 53.3 Å². The van der Waals surface area contributed by atoms with Crippen LogP contribution in [0, 0.1) is 6.92 Å². The maximum Gasteiger partial charge on any atom is 0.276 e. The normalized spacial score (nSPS) is 18.3. The van der Waals surface area contributed by atoms with Gasteiger partial charge >= 0.3 is 0 Å². The minimum atomic E-state index is -0.136. The third-order valence-corrected chi connectivity index (χ3v) is 6.91. The van der Waals surface area contributed by atoms with Gasteiger partial charge in [0, 0.05) is 30.4 Å². The van der Waals surface area contributed by atoms with Crippen LogP contribution in [-0.2, 0) is 17.9 Å². The zero-order chi connectivity index (χ0) is 28.9. The van der Waals surface area contributed by atoms with E-state index in [1.807, 2.05) is 58.6 Å². The first-order valence-corrected chi connectivity index (χ1v) is 14.8. The number of rotatable bonds is 6. The number of carbonyl (C=O) groups is 1. The first-order valence-electron chi connectivity index (χ1n) is 14.8. The molecule has 1 amide bonds. The predicted molar refractivity (Wildman–Crippen MR) is 163 cm³/mol. The first-order chi connectivity index (χ1) is 19.0. The average Bonchev–Trinajstić information content (AvgIpc) is 3.60. The topological polar surface area (TPSA) is 67.8 Å². The second-order valence-electron chi connectivity index (χ2n) is 9.44. The Balaban J connectivity index is 0.000000833. The van der Waals surface area contributed by atoms with Gasteiger partial charge in [-0.2, -0.15) is 0 Å². The molecule has 5 rings (SSSR count). The molecule has 2 aromatic carbocycles. The molecule has 214 valence electrons. The molecule has 1 atom stereocenters. The van der Waals surface area contributed by atoms with Crippen LogP contribution in [0.25, 0.3) is 0 Å². The second kappa shape index (κ2) is 16.0. The van der Waals surface area contributed by atoms with Crippen LogP contribution >= 0.6 is 0 Å². The highest BCUT2D eigenvalue weighted by Gasteiger charge is 2.42. The van der Waals surface area contributed by atoms with Crippen molar-refractivity contribution in [3.05, 3.63) is 88.9 Å². The van der Waals surface area contributed by atoms with Gasteiger partial charge in [-0.3, -0.25) is 10.1 Å². The zero-order valence-corrected chi connectivity index (χ0v) is 25.2. The molecular weight excluding hydrogens is 484 g/mol. The summed E-state index contributed by atoms with van der Waals surface area (Å²) in [6.45, 7) is 19.4. The van der Waals surface area contributed by atoms with Crippen molar-refractivity contribution >= 4 is 5.91 Å². The number of hydrogen-bond donors (Lipinski definition) is 3. The fourth-order valence-corrected chi connectivity index (χ4v) is 5.05. The summed E-state index contributed by atoms with van der Waals surface area (Å²) < 4.78 is 0. The molecule has 3 aliphatic rings. The average molecular weight is 535 g/mol. The number of nitrogens with zero attached hydrogens (tertiary/aromatic N) is 2. The molecule has 2 heterocycles. The van der Waals surface area contributed by atoms with E-state index in [1.165, 1.54) is 18.4 Å². The highest BCUT2D eigenvalue weighted by Crippen LogP contribution is 2.35. The molecule has 1 saturated carbocycles. The lowest BCUT2D eigenvalue weighted by Crippen LogP contribution is -2.52. The largest absolute Gasteiger partial charge is 0.508 e. The number of amides is 1. The third kappa shape index (κ3) is 8.12. The van der Waals surface area contributed by atoms with Gasteiger partial charge in [-0.05, 0) is 43.0 Å². The van der Waals surface area contributed by atoms with Crippen LogP contribution in [0.3, 0.4) is 0 Å². The van der Waals surface area contributed by atoms with Gasteiger partial charge in [0.05, 0.1) is 6.54 Å². The van der Waals surface area contributed by atoms with E-state index in [0.717, 1.165) is 41.1 Å². The Morgan fingerprint density at radius 1 is 0.897 bits per heavy atom. The summed E-state index contributed by atoms with van der Waals surface area (Å²) >= 11 is 0. The lowest BCUT2D eigenvalue weighted by atomic mass is 10.1. The van der Waals surface area contributed by atoms with Crippen molar-refractivity contribution < 1.29 is 9.90 Å².